The zero-order valence-electron chi connectivity index (χ0n) is 19.1. The number of aromatic nitrogens is 3. The van der Waals surface area contributed by atoms with Crippen LogP contribution in [0.3, 0.4) is 0 Å². The maximum absolute atomic E-state index is 13.3. The van der Waals surface area contributed by atoms with Crippen molar-refractivity contribution in [1.29, 1.82) is 0 Å². The average Bonchev–Trinajstić information content (AvgIpc) is 3.56. The third kappa shape index (κ3) is 4.78. The first-order valence-corrected chi connectivity index (χ1v) is 11.5. The predicted molar refractivity (Wildman–Crippen MR) is 133 cm³/mol. The first-order chi connectivity index (χ1) is 16.7. The number of pyridine rings is 1. The molecule has 34 heavy (non-hydrogen) atoms. The van der Waals surface area contributed by atoms with Crippen LogP contribution in [0.5, 0.6) is 5.75 Å². The minimum Gasteiger partial charge on any atom is -0.497 e. The third-order valence-electron chi connectivity index (χ3n) is 6.00. The molecule has 1 saturated heterocycles. The predicted octanol–water partition coefficient (Wildman–Crippen LogP) is 4.85. The van der Waals surface area contributed by atoms with Crippen LogP contribution in [0.2, 0.25) is 0 Å². The molecule has 3 heterocycles. The maximum atomic E-state index is 13.3. The normalized spacial score (nSPS) is 13.1. The Bertz CT molecular complexity index is 1260. The van der Waals surface area contributed by atoms with Gasteiger partial charge >= 0.3 is 0 Å². The van der Waals surface area contributed by atoms with Crippen LogP contribution in [0.4, 0.5) is 11.5 Å². The van der Waals surface area contributed by atoms with Crippen molar-refractivity contribution in [3.05, 3.63) is 90.3 Å². The molecule has 172 valence electrons. The summed E-state index contributed by atoms with van der Waals surface area (Å²) in [6.45, 7) is 2.67. The van der Waals surface area contributed by atoms with Gasteiger partial charge in [0.15, 0.2) is 0 Å². The summed E-state index contributed by atoms with van der Waals surface area (Å²) in [7, 11) is 1.62. The summed E-state index contributed by atoms with van der Waals surface area (Å²) in [5.74, 6) is 0.972. The first kappa shape index (κ1) is 21.7. The summed E-state index contributed by atoms with van der Waals surface area (Å²) in [4.78, 5) is 20.1. The number of anilines is 2. The molecule has 1 aliphatic rings. The van der Waals surface area contributed by atoms with Crippen molar-refractivity contribution in [2.75, 3.05) is 30.4 Å². The van der Waals surface area contributed by atoms with Crippen molar-refractivity contribution in [3.63, 3.8) is 0 Å². The molecule has 0 bridgehead atoms. The van der Waals surface area contributed by atoms with Gasteiger partial charge < -0.3 is 15.0 Å². The molecular formula is C27H27N5O2. The topological polar surface area (TPSA) is 72.3 Å². The Kier molecular flexibility index (Phi) is 6.25. The van der Waals surface area contributed by atoms with Gasteiger partial charge in [-0.05, 0) is 42.7 Å². The van der Waals surface area contributed by atoms with Gasteiger partial charge in [-0.2, -0.15) is 5.10 Å². The maximum Gasteiger partial charge on any atom is 0.260 e. The van der Waals surface area contributed by atoms with Crippen LogP contribution in [-0.2, 0) is 6.54 Å². The molecule has 7 heteroatoms. The van der Waals surface area contributed by atoms with Crippen molar-refractivity contribution < 1.29 is 9.53 Å². The molecule has 4 aromatic rings. The van der Waals surface area contributed by atoms with Gasteiger partial charge in [-0.3, -0.25) is 9.48 Å². The zero-order valence-corrected chi connectivity index (χ0v) is 19.1. The minimum absolute atomic E-state index is 0.251. The molecule has 1 fully saturated rings. The van der Waals surface area contributed by atoms with E-state index < -0.39 is 0 Å². The summed E-state index contributed by atoms with van der Waals surface area (Å²) in [6, 6.07) is 21.5. The van der Waals surface area contributed by atoms with E-state index in [0.29, 0.717) is 29.4 Å². The van der Waals surface area contributed by atoms with Crippen molar-refractivity contribution in [3.8, 4) is 17.0 Å². The number of ether oxygens (including phenoxy) is 1. The number of nitrogens with one attached hydrogen (secondary N) is 1. The van der Waals surface area contributed by atoms with E-state index in [2.05, 4.69) is 15.2 Å². The molecule has 2 aromatic heterocycles. The van der Waals surface area contributed by atoms with E-state index in [1.165, 1.54) is 12.8 Å². The third-order valence-corrected chi connectivity index (χ3v) is 6.00. The fourth-order valence-electron chi connectivity index (χ4n) is 4.23. The molecule has 5 rings (SSSR count). The molecule has 0 unspecified atom stereocenters. The van der Waals surface area contributed by atoms with Crippen molar-refractivity contribution in [1.82, 2.24) is 14.8 Å². The molecule has 1 amide bonds. The number of hydrogen-bond acceptors (Lipinski definition) is 5. The van der Waals surface area contributed by atoms with Crippen LogP contribution in [-0.4, -0.2) is 40.9 Å². The highest BCUT2D eigenvalue weighted by molar-refractivity contribution is 6.07. The summed E-state index contributed by atoms with van der Waals surface area (Å²) < 4.78 is 7.17. The number of carbonyl (C=O) groups is 1. The van der Waals surface area contributed by atoms with Crippen LogP contribution < -0.4 is 15.0 Å². The van der Waals surface area contributed by atoms with Crippen LogP contribution >= 0.6 is 0 Å². The Morgan fingerprint density at radius 1 is 1.03 bits per heavy atom. The molecular weight excluding hydrogens is 426 g/mol. The highest BCUT2D eigenvalue weighted by Gasteiger charge is 2.20. The number of amides is 1. The van der Waals surface area contributed by atoms with Crippen LogP contribution in [0.25, 0.3) is 11.3 Å². The Balaban J connectivity index is 1.42. The number of methoxy groups -OCH3 is 1. The summed E-state index contributed by atoms with van der Waals surface area (Å²) in [5, 5.41) is 7.69. The Morgan fingerprint density at radius 3 is 2.59 bits per heavy atom. The standard InChI is InChI=1S/C27H27N5O2/c1-34-23-11-7-10-21(16-23)26-24(19-32(30-26)18-20-8-3-2-4-9-20)27(33)29-25-13-12-22(17-28-25)31-14-5-6-15-31/h2-4,7-13,16-17,19H,5-6,14-15,18H2,1H3,(H,28,29,33). The highest BCUT2D eigenvalue weighted by atomic mass is 16.5. The largest absolute Gasteiger partial charge is 0.497 e. The monoisotopic (exact) mass is 453 g/mol. The molecule has 0 saturated carbocycles. The van der Waals surface area contributed by atoms with Gasteiger partial charge in [0, 0.05) is 24.8 Å². The first-order valence-electron chi connectivity index (χ1n) is 11.5. The van der Waals surface area contributed by atoms with E-state index in [1.54, 1.807) is 18.0 Å². The quantitative estimate of drug-likeness (QED) is 0.433. The van der Waals surface area contributed by atoms with Crippen molar-refractivity contribution >= 4 is 17.4 Å². The summed E-state index contributed by atoms with van der Waals surface area (Å²) in [5.41, 5.74) is 4.08. The van der Waals surface area contributed by atoms with E-state index in [1.807, 2.05) is 72.9 Å². The van der Waals surface area contributed by atoms with Crippen molar-refractivity contribution in [2.45, 2.75) is 19.4 Å². The Morgan fingerprint density at radius 2 is 1.85 bits per heavy atom. The van der Waals surface area contributed by atoms with Gasteiger partial charge in [0.05, 0.1) is 31.1 Å². The molecule has 0 spiro atoms. The van der Waals surface area contributed by atoms with Crippen molar-refractivity contribution in [2.24, 2.45) is 0 Å². The second kappa shape index (κ2) is 9.79. The lowest BCUT2D eigenvalue weighted by molar-refractivity contribution is 0.102. The molecule has 2 aromatic carbocycles. The molecule has 0 aliphatic carbocycles. The SMILES string of the molecule is COc1cccc(-c2nn(Cc3ccccc3)cc2C(=O)Nc2ccc(N3CCCC3)cn2)c1. The number of rotatable bonds is 7. The molecule has 1 aliphatic heterocycles. The van der Waals surface area contributed by atoms with Gasteiger partial charge in [-0.25, -0.2) is 4.98 Å². The zero-order chi connectivity index (χ0) is 23.3. The van der Waals surface area contributed by atoms with Gasteiger partial charge in [-0.15, -0.1) is 0 Å². The fraction of sp³-hybridized carbons (Fsp3) is 0.222. The lowest BCUT2D eigenvalue weighted by atomic mass is 10.1. The van der Waals surface area contributed by atoms with Crippen LogP contribution in [0.15, 0.2) is 79.1 Å². The van der Waals surface area contributed by atoms with E-state index in [-0.39, 0.29) is 5.91 Å². The summed E-state index contributed by atoms with van der Waals surface area (Å²) in [6.07, 6.45) is 6.02. The Labute approximate surface area is 199 Å². The van der Waals surface area contributed by atoms with E-state index in [9.17, 15) is 4.79 Å². The lowest BCUT2D eigenvalue weighted by Crippen LogP contribution is -2.18. The number of hydrogen-bond donors (Lipinski definition) is 1. The van der Waals surface area contributed by atoms with Crippen LogP contribution in [0.1, 0.15) is 28.8 Å². The second-order valence-electron chi connectivity index (χ2n) is 8.36. The van der Waals surface area contributed by atoms with Gasteiger partial charge in [0.1, 0.15) is 17.3 Å². The van der Waals surface area contributed by atoms with Gasteiger partial charge in [-0.1, -0.05) is 42.5 Å². The molecule has 1 N–H and O–H groups in total. The van der Waals surface area contributed by atoms with Gasteiger partial charge in [0.2, 0.25) is 0 Å². The van der Waals surface area contributed by atoms with Gasteiger partial charge in [0.25, 0.3) is 5.91 Å². The number of nitrogens with zero attached hydrogens (tertiary/aromatic N) is 4. The van der Waals surface area contributed by atoms with Crippen LogP contribution in [0, 0.1) is 0 Å². The Hall–Kier alpha value is -4.13. The highest BCUT2D eigenvalue weighted by Crippen LogP contribution is 2.27. The van der Waals surface area contributed by atoms with E-state index in [0.717, 1.165) is 29.9 Å². The smallest absolute Gasteiger partial charge is 0.260 e. The molecule has 0 atom stereocenters. The average molecular weight is 454 g/mol. The molecule has 7 nitrogen and oxygen atoms in total. The number of benzene rings is 2. The second-order valence-corrected chi connectivity index (χ2v) is 8.36. The molecule has 0 radical (unpaired) electrons. The van der Waals surface area contributed by atoms with E-state index in [4.69, 9.17) is 9.84 Å². The number of carbonyl (C=O) groups excluding carboxylic acids is 1. The summed E-state index contributed by atoms with van der Waals surface area (Å²) >= 11 is 0. The lowest BCUT2D eigenvalue weighted by Gasteiger charge is -2.17. The van der Waals surface area contributed by atoms with E-state index >= 15 is 0 Å². The fourth-order valence-corrected chi connectivity index (χ4v) is 4.23. The minimum atomic E-state index is -0.251.